The van der Waals surface area contributed by atoms with Gasteiger partial charge in [0.15, 0.2) is 10.6 Å². The van der Waals surface area contributed by atoms with Crippen LogP contribution in [0.5, 0.6) is 0 Å². The van der Waals surface area contributed by atoms with Crippen LogP contribution >= 0.6 is 23.6 Å². The molecule has 0 unspecified atom stereocenters. The molecule has 0 radical (unpaired) electrons. The van der Waals surface area contributed by atoms with E-state index in [1.165, 1.54) is 12.8 Å². The molecule has 0 N–H and O–H groups in total. The molecule has 1 aliphatic heterocycles. The van der Waals surface area contributed by atoms with Crippen LogP contribution in [0.3, 0.4) is 0 Å². The maximum Gasteiger partial charge on any atom is 0.199 e. The quantitative estimate of drug-likeness (QED) is 0.409. The highest BCUT2D eigenvalue weighted by Gasteiger charge is 2.40. The molecule has 2 aliphatic rings. The first-order chi connectivity index (χ1) is 13.8. The van der Waals surface area contributed by atoms with Crippen molar-refractivity contribution in [1.82, 2.24) is 19.2 Å². The Morgan fingerprint density at radius 1 is 1.21 bits per heavy atom. The van der Waals surface area contributed by atoms with E-state index >= 15 is 0 Å². The van der Waals surface area contributed by atoms with Crippen molar-refractivity contribution in [3.63, 3.8) is 0 Å². The fourth-order valence-corrected chi connectivity index (χ4v) is 5.49. The van der Waals surface area contributed by atoms with Crippen LogP contribution in [0.2, 0.25) is 0 Å². The number of thiophene rings is 1. The van der Waals surface area contributed by atoms with Gasteiger partial charge in [-0.05, 0) is 54.4 Å². The Hall–Kier alpha value is -2.02. The summed E-state index contributed by atoms with van der Waals surface area (Å²) in [5.74, 6) is 1.70. The van der Waals surface area contributed by atoms with E-state index in [2.05, 4.69) is 39.6 Å². The van der Waals surface area contributed by atoms with Crippen molar-refractivity contribution in [2.75, 3.05) is 6.54 Å². The number of nitrogens with zero attached hydrogens (tertiary/aromatic N) is 4. The van der Waals surface area contributed by atoms with Gasteiger partial charge in [-0.3, -0.25) is 9.47 Å². The summed E-state index contributed by atoms with van der Waals surface area (Å²) >= 11 is 7.73. The monoisotopic (exact) mass is 408 g/mol. The zero-order valence-electron chi connectivity index (χ0n) is 15.8. The molecule has 0 saturated heterocycles. The Kier molecular flexibility index (Phi) is 4.78. The summed E-state index contributed by atoms with van der Waals surface area (Å²) in [7, 11) is 0. The summed E-state index contributed by atoms with van der Waals surface area (Å²) in [6.45, 7) is 6.40. The molecule has 1 aromatic carbocycles. The Labute approximate surface area is 174 Å². The van der Waals surface area contributed by atoms with Crippen LogP contribution in [-0.4, -0.2) is 25.8 Å². The molecule has 6 heteroatoms. The standard InChI is InChI=1S/C22H24N4S2/c1-2-12-25-21(17-6-4-3-5-7-17)23-26(22(25)27)15-24-13-10-19-18(11-14-28-19)20(24)16-8-9-16/h2-7,11,14,16,20H,1,8-10,12-13,15H2/t20-/m0/s1. The predicted molar refractivity (Wildman–Crippen MR) is 117 cm³/mol. The van der Waals surface area contributed by atoms with Crippen molar-refractivity contribution >= 4 is 23.6 Å². The van der Waals surface area contributed by atoms with E-state index in [9.17, 15) is 0 Å². The number of hydrogen-bond donors (Lipinski definition) is 0. The van der Waals surface area contributed by atoms with Crippen LogP contribution in [-0.2, 0) is 19.6 Å². The van der Waals surface area contributed by atoms with Gasteiger partial charge in [-0.1, -0.05) is 36.4 Å². The predicted octanol–water partition coefficient (Wildman–Crippen LogP) is 5.30. The fraction of sp³-hybridized carbons (Fsp3) is 0.364. The second-order valence-electron chi connectivity index (χ2n) is 7.66. The van der Waals surface area contributed by atoms with Crippen LogP contribution in [0.15, 0.2) is 54.4 Å². The first-order valence-corrected chi connectivity index (χ1v) is 11.2. The van der Waals surface area contributed by atoms with Gasteiger partial charge < -0.3 is 0 Å². The van der Waals surface area contributed by atoms with Gasteiger partial charge in [-0.25, -0.2) is 4.68 Å². The lowest BCUT2D eigenvalue weighted by Gasteiger charge is -2.35. The third kappa shape index (κ3) is 3.19. The SMILES string of the molecule is C=CCn1c(-c2ccccc2)nn(CN2CCc3sccc3[C@@H]2C2CC2)c1=S. The Morgan fingerprint density at radius 2 is 2.04 bits per heavy atom. The number of hydrogen-bond acceptors (Lipinski definition) is 4. The minimum atomic E-state index is 0.515. The molecule has 3 heterocycles. The largest absolute Gasteiger partial charge is 0.296 e. The highest BCUT2D eigenvalue weighted by atomic mass is 32.1. The van der Waals surface area contributed by atoms with E-state index in [1.807, 2.05) is 40.3 Å². The van der Waals surface area contributed by atoms with Crippen LogP contribution < -0.4 is 0 Å². The molecule has 4 nitrogen and oxygen atoms in total. The maximum atomic E-state index is 5.82. The molecule has 3 aromatic rings. The van der Waals surface area contributed by atoms with Gasteiger partial charge in [0.05, 0.1) is 6.67 Å². The molecule has 2 aromatic heterocycles. The van der Waals surface area contributed by atoms with Gasteiger partial charge in [0.1, 0.15) is 0 Å². The summed E-state index contributed by atoms with van der Waals surface area (Å²) in [6, 6.07) is 13.1. The molecular formula is C22H24N4S2. The minimum absolute atomic E-state index is 0.515. The zero-order chi connectivity index (χ0) is 19.1. The summed E-state index contributed by atoms with van der Waals surface area (Å²) < 4.78 is 4.86. The molecule has 5 rings (SSSR count). The number of allylic oxidation sites excluding steroid dienone is 1. The smallest absolute Gasteiger partial charge is 0.199 e. The van der Waals surface area contributed by atoms with Crippen LogP contribution in [0.25, 0.3) is 11.4 Å². The second-order valence-corrected chi connectivity index (χ2v) is 9.02. The van der Waals surface area contributed by atoms with Gasteiger partial charge in [0, 0.05) is 29.6 Å². The van der Waals surface area contributed by atoms with E-state index in [4.69, 9.17) is 17.3 Å². The molecule has 144 valence electrons. The molecule has 0 amide bonds. The van der Waals surface area contributed by atoms with E-state index in [0.717, 1.165) is 41.7 Å². The molecule has 28 heavy (non-hydrogen) atoms. The average molecular weight is 409 g/mol. The normalized spacial score (nSPS) is 19.5. The Balaban J connectivity index is 1.50. The Bertz CT molecular complexity index is 1040. The Morgan fingerprint density at radius 3 is 2.79 bits per heavy atom. The van der Waals surface area contributed by atoms with Gasteiger partial charge in [0.2, 0.25) is 0 Å². The molecule has 1 atom stereocenters. The van der Waals surface area contributed by atoms with Gasteiger partial charge in [-0.15, -0.1) is 17.9 Å². The molecular weight excluding hydrogens is 384 g/mol. The van der Waals surface area contributed by atoms with E-state index in [0.29, 0.717) is 12.6 Å². The molecule has 1 fully saturated rings. The third-order valence-corrected chi connectivity index (χ3v) is 7.20. The summed E-state index contributed by atoms with van der Waals surface area (Å²) in [5.41, 5.74) is 2.63. The lowest BCUT2D eigenvalue weighted by Crippen LogP contribution is -2.37. The van der Waals surface area contributed by atoms with E-state index < -0.39 is 0 Å². The lowest BCUT2D eigenvalue weighted by atomic mass is 9.96. The fourth-order valence-electron chi connectivity index (χ4n) is 4.32. The number of fused-ring (bicyclic) bond motifs is 1. The topological polar surface area (TPSA) is 26.0 Å². The number of rotatable bonds is 6. The van der Waals surface area contributed by atoms with E-state index in [1.54, 1.807) is 10.4 Å². The number of benzene rings is 1. The highest BCUT2D eigenvalue weighted by Crippen LogP contribution is 2.48. The highest BCUT2D eigenvalue weighted by molar-refractivity contribution is 7.71. The van der Waals surface area contributed by atoms with Crippen LogP contribution in [0.1, 0.15) is 29.3 Å². The van der Waals surface area contributed by atoms with Crippen LogP contribution in [0, 0.1) is 10.7 Å². The van der Waals surface area contributed by atoms with Crippen LogP contribution in [0.4, 0.5) is 0 Å². The molecule has 1 aliphatic carbocycles. The average Bonchev–Trinajstić information content (AvgIpc) is 3.37. The van der Waals surface area contributed by atoms with Gasteiger partial charge in [0.25, 0.3) is 0 Å². The summed E-state index contributed by atoms with van der Waals surface area (Å²) in [6.07, 6.45) is 5.69. The van der Waals surface area contributed by atoms with E-state index in [-0.39, 0.29) is 0 Å². The molecule has 0 bridgehead atoms. The maximum absolute atomic E-state index is 5.82. The van der Waals surface area contributed by atoms with Gasteiger partial charge in [-0.2, -0.15) is 5.10 Å². The van der Waals surface area contributed by atoms with Gasteiger partial charge >= 0.3 is 0 Å². The minimum Gasteiger partial charge on any atom is -0.296 e. The lowest BCUT2D eigenvalue weighted by molar-refractivity contribution is 0.117. The van der Waals surface area contributed by atoms with Crippen molar-refractivity contribution < 1.29 is 0 Å². The summed E-state index contributed by atoms with van der Waals surface area (Å²) in [4.78, 5) is 4.15. The molecule has 0 spiro atoms. The summed E-state index contributed by atoms with van der Waals surface area (Å²) in [5, 5.41) is 7.19. The first kappa shape index (κ1) is 18.0. The third-order valence-electron chi connectivity index (χ3n) is 5.77. The zero-order valence-corrected chi connectivity index (χ0v) is 17.5. The van der Waals surface area contributed by atoms with Crippen molar-refractivity contribution in [2.24, 2.45) is 5.92 Å². The van der Waals surface area contributed by atoms with Crippen molar-refractivity contribution in [3.05, 3.63) is 69.6 Å². The number of aromatic nitrogens is 3. The van der Waals surface area contributed by atoms with Crippen molar-refractivity contribution in [2.45, 2.75) is 38.5 Å². The first-order valence-electron chi connectivity index (χ1n) is 9.90. The van der Waals surface area contributed by atoms with Crippen molar-refractivity contribution in [1.29, 1.82) is 0 Å². The second kappa shape index (κ2) is 7.43. The molecule has 1 saturated carbocycles. The van der Waals surface area contributed by atoms with Crippen molar-refractivity contribution in [3.8, 4) is 11.4 Å².